The molecule has 0 unspecified atom stereocenters. The van der Waals surface area contributed by atoms with Crippen LogP contribution in [0.1, 0.15) is 62.6 Å². The van der Waals surface area contributed by atoms with E-state index < -0.39 is 5.97 Å². The maximum Gasteiger partial charge on any atom is 0.346 e. The number of benzene rings is 2. The summed E-state index contributed by atoms with van der Waals surface area (Å²) in [6, 6.07) is 14.8. The topological polar surface area (TPSA) is 64.3 Å². The summed E-state index contributed by atoms with van der Waals surface area (Å²) >= 11 is 0. The fourth-order valence-corrected chi connectivity index (χ4v) is 5.26. The minimum absolute atomic E-state index is 0.0870. The largest absolute Gasteiger partial charge is 0.477 e. The summed E-state index contributed by atoms with van der Waals surface area (Å²) in [4.78, 5) is 13.8. The lowest BCUT2D eigenvalue weighted by Gasteiger charge is -2.33. The molecule has 1 heterocycles. The molecule has 154 valence electrons. The highest BCUT2D eigenvalue weighted by Gasteiger charge is 2.41. The minimum Gasteiger partial charge on any atom is -0.477 e. The van der Waals surface area contributed by atoms with Crippen molar-refractivity contribution in [1.82, 2.24) is 0 Å². The number of anilines is 1. The van der Waals surface area contributed by atoms with Crippen molar-refractivity contribution in [3.05, 3.63) is 58.7 Å². The molecule has 4 rings (SSSR count). The van der Waals surface area contributed by atoms with E-state index in [2.05, 4.69) is 49.1 Å². The normalized spacial score (nSPS) is 17.2. The highest BCUT2D eigenvalue weighted by Crippen LogP contribution is 2.53. The van der Waals surface area contributed by atoms with E-state index in [0.717, 1.165) is 31.5 Å². The maximum absolute atomic E-state index is 11.3. The molecule has 4 nitrogen and oxygen atoms in total. The van der Waals surface area contributed by atoms with Crippen LogP contribution in [0.4, 0.5) is 5.69 Å². The first-order chi connectivity index (χ1) is 14.5. The minimum atomic E-state index is -1.19. The summed E-state index contributed by atoms with van der Waals surface area (Å²) in [6.45, 7) is 6.71. The number of aliphatic carboxylic acids is 1. The van der Waals surface area contributed by atoms with Gasteiger partial charge in [0, 0.05) is 24.2 Å². The van der Waals surface area contributed by atoms with E-state index in [-0.39, 0.29) is 11.0 Å². The molecule has 1 N–H and O–H groups in total. The van der Waals surface area contributed by atoms with Gasteiger partial charge >= 0.3 is 5.97 Å². The van der Waals surface area contributed by atoms with E-state index in [1.165, 1.54) is 53.3 Å². The fourth-order valence-electron chi connectivity index (χ4n) is 5.26. The molecule has 2 aliphatic rings. The van der Waals surface area contributed by atoms with E-state index >= 15 is 0 Å². The van der Waals surface area contributed by atoms with Crippen LogP contribution in [0.25, 0.3) is 17.2 Å². The molecule has 1 aliphatic carbocycles. The number of hydrogen-bond acceptors (Lipinski definition) is 3. The van der Waals surface area contributed by atoms with Crippen LogP contribution in [0.3, 0.4) is 0 Å². The number of rotatable bonds is 5. The van der Waals surface area contributed by atoms with Crippen molar-refractivity contribution in [2.24, 2.45) is 0 Å². The smallest absolute Gasteiger partial charge is 0.346 e. The third kappa shape index (κ3) is 3.19. The van der Waals surface area contributed by atoms with Gasteiger partial charge in [0.15, 0.2) is 0 Å². The molecule has 0 amide bonds. The first-order valence-corrected chi connectivity index (χ1v) is 10.9. The molecule has 4 heteroatoms. The fraction of sp³-hybridized carbons (Fsp3) is 0.385. The van der Waals surface area contributed by atoms with Gasteiger partial charge in [-0.1, -0.05) is 38.1 Å². The second-order valence-corrected chi connectivity index (χ2v) is 8.35. The van der Waals surface area contributed by atoms with Gasteiger partial charge in [-0.15, -0.1) is 0 Å². The molecular weight excluding hydrogens is 372 g/mol. The number of fused-ring (bicyclic) bond motifs is 3. The zero-order chi connectivity index (χ0) is 21.3. The third-order valence-electron chi connectivity index (χ3n) is 6.96. The predicted octanol–water partition coefficient (Wildman–Crippen LogP) is 5.75. The summed E-state index contributed by atoms with van der Waals surface area (Å²) in [5.41, 5.74) is 6.88. The number of carboxylic acid groups (broad SMARTS) is 1. The van der Waals surface area contributed by atoms with E-state index in [9.17, 15) is 9.90 Å². The molecule has 2 aromatic carbocycles. The highest BCUT2D eigenvalue weighted by atomic mass is 16.4. The van der Waals surface area contributed by atoms with Gasteiger partial charge in [0.25, 0.3) is 0 Å². The van der Waals surface area contributed by atoms with Gasteiger partial charge in [0.1, 0.15) is 11.6 Å². The highest BCUT2D eigenvalue weighted by molar-refractivity contribution is 5.96. The second-order valence-electron chi connectivity index (χ2n) is 8.35. The van der Waals surface area contributed by atoms with E-state index in [0.29, 0.717) is 0 Å². The Morgan fingerprint density at radius 1 is 1.07 bits per heavy atom. The van der Waals surface area contributed by atoms with Crippen molar-refractivity contribution in [2.45, 2.75) is 51.4 Å². The molecule has 0 bridgehead atoms. The monoisotopic (exact) mass is 400 g/mol. The summed E-state index contributed by atoms with van der Waals surface area (Å²) in [5.74, 6) is -1.19. The van der Waals surface area contributed by atoms with Crippen LogP contribution in [-0.4, -0.2) is 24.2 Å². The standard InChI is InChI=1S/C26H28N2O2/c1-3-26(4-2)23-15-18(14-19(17-27)25(29)30)8-10-21(23)22-11-9-20(16-24(22)26)28-12-6-5-7-13-28/h8-11,14-16H,3-7,12-13H2,1-2H3,(H,29,30)/b19-14-. The zero-order valence-corrected chi connectivity index (χ0v) is 17.7. The Morgan fingerprint density at radius 3 is 2.30 bits per heavy atom. The van der Waals surface area contributed by atoms with Gasteiger partial charge < -0.3 is 10.0 Å². The van der Waals surface area contributed by atoms with Crippen molar-refractivity contribution in [1.29, 1.82) is 5.26 Å². The number of nitrogens with zero attached hydrogens (tertiary/aromatic N) is 2. The van der Waals surface area contributed by atoms with Gasteiger partial charge in [-0.2, -0.15) is 5.26 Å². The molecule has 0 aromatic heterocycles. The van der Waals surface area contributed by atoms with Crippen LogP contribution in [0.2, 0.25) is 0 Å². The molecule has 0 atom stereocenters. The molecular formula is C26H28N2O2. The Labute approximate surface area is 178 Å². The summed E-state index contributed by atoms with van der Waals surface area (Å²) in [7, 11) is 0. The first kappa shape index (κ1) is 20.2. The molecule has 1 aliphatic heterocycles. The Hall–Kier alpha value is -3.06. The number of piperidine rings is 1. The van der Waals surface area contributed by atoms with E-state index in [1.807, 2.05) is 6.07 Å². The number of nitriles is 1. The molecule has 1 fully saturated rings. The van der Waals surface area contributed by atoms with Crippen molar-refractivity contribution in [3.63, 3.8) is 0 Å². The Balaban J connectivity index is 1.83. The van der Waals surface area contributed by atoms with Crippen LogP contribution < -0.4 is 4.90 Å². The quantitative estimate of drug-likeness (QED) is 0.512. The Kier molecular flexibility index (Phi) is 5.39. The number of carboxylic acids is 1. The summed E-state index contributed by atoms with van der Waals surface area (Å²) in [6.07, 6.45) is 7.25. The number of carbonyl (C=O) groups is 1. The van der Waals surface area contributed by atoms with Gasteiger partial charge in [-0.05, 0) is 78.1 Å². The van der Waals surface area contributed by atoms with Gasteiger partial charge in [-0.25, -0.2) is 4.79 Å². The lowest BCUT2D eigenvalue weighted by atomic mass is 9.73. The number of hydrogen-bond donors (Lipinski definition) is 1. The second kappa shape index (κ2) is 7.99. The van der Waals surface area contributed by atoms with Crippen molar-refractivity contribution >= 4 is 17.7 Å². The first-order valence-electron chi connectivity index (χ1n) is 10.9. The van der Waals surface area contributed by atoms with Crippen LogP contribution in [-0.2, 0) is 10.2 Å². The van der Waals surface area contributed by atoms with Crippen LogP contribution in [0.15, 0.2) is 42.0 Å². The van der Waals surface area contributed by atoms with Crippen LogP contribution >= 0.6 is 0 Å². The molecule has 0 spiro atoms. The zero-order valence-electron chi connectivity index (χ0n) is 17.7. The molecule has 0 radical (unpaired) electrons. The maximum atomic E-state index is 11.3. The van der Waals surface area contributed by atoms with Crippen LogP contribution in [0, 0.1) is 11.3 Å². The van der Waals surface area contributed by atoms with Crippen molar-refractivity contribution < 1.29 is 9.90 Å². The SMILES string of the molecule is CCC1(CC)c2cc(/C=C(/C#N)C(=O)O)ccc2-c2ccc(N3CCCCC3)cc21. The Bertz CT molecular complexity index is 1050. The molecule has 2 aromatic rings. The molecule has 1 saturated heterocycles. The van der Waals surface area contributed by atoms with Gasteiger partial charge in [0.2, 0.25) is 0 Å². The predicted molar refractivity (Wildman–Crippen MR) is 121 cm³/mol. The van der Waals surface area contributed by atoms with Gasteiger partial charge in [-0.3, -0.25) is 0 Å². The average Bonchev–Trinajstić information content (AvgIpc) is 3.06. The van der Waals surface area contributed by atoms with Crippen LogP contribution in [0.5, 0.6) is 0 Å². The molecule has 30 heavy (non-hydrogen) atoms. The summed E-state index contributed by atoms with van der Waals surface area (Å²) < 4.78 is 0. The van der Waals surface area contributed by atoms with Gasteiger partial charge in [0.05, 0.1) is 0 Å². The lowest BCUT2D eigenvalue weighted by Crippen LogP contribution is -2.30. The van der Waals surface area contributed by atoms with E-state index in [4.69, 9.17) is 5.26 Å². The third-order valence-corrected chi connectivity index (χ3v) is 6.96. The summed E-state index contributed by atoms with van der Waals surface area (Å²) in [5, 5.41) is 18.4. The molecule has 0 saturated carbocycles. The van der Waals surface area contributed by atoms with Crippen molar-refractivity contribution in [2.75, 3.05) is 18.0 Å². The van der Waals surface area contributed by atoms with E-state index in [1.54, 1.807) is 6.07 Å². The Morgan fingerprint density at radius 2 is 1.70 bits per heavy atom. The average molecular weight is 401 g/mol. The lowest BCUT2D eigenvalue weighted by molar-refractivity contribution is -0.132. The van der Waals surface area contributed by atoms with Crippen molar-refractivity contribution in [3.8, 4) is 17.2 Å².